The fraction of sp³-hybridized carbons (Fsp3) is 0.526. The summed E-state index contributed by atoms with van der Waals surface area (Å²) in [5.74, 6) is -1.36. The molecule has 0 aliphatic carbocycles. The smallest absolute Gasteiger partial charge is 0.410 e. The molecule has 2 amide bonds. The molecule has 1 aliphatic heterocycles. The molecule has 1 aromatic carbocycles. The largest absolute Gasteiger partial charge is 0.444 e. The molecule has 0 aromatic heterocycles. The first-order valence-corrected chi connectivity index (χ1v) is 8.70. The van der Waals surface area contributed by atoms with E-state index < -0.39 is 17.5 Å². The third-order valence-corrected chi connectivity index (χ3v) is 4.03. The highest BCUT2D eigenvalue weighted by atomic mass is 19.1. The number of Topliss-reactive ketones (excluding diaryl/α,β-unsaturated/α-hetero) is 1. The third kappa shape index (κ3) is 5.82. The molecule has 2 rings (SSSR count). The van der Waals surface area contributed by atoms with Crippen molar-refractivity contribution in [3.63, 3.8) is 0 Å². The van der Waals surface area contributed by atoms with Gasteiger partial charge in [0.1, 0.15) is 11.4 Å². The summed E-state index contributed by atoms with van der Waals surface area (Å²) in [5.41, 5.74) is -0.251. The lowest BCUT2D eigenvalue weighted by molar-refractivity contribution is -0.126. The Morgan fingerprint density at radius 2 is 1.88 bits per heavy atom. The summed E-state index contributed by atoms with van der Waals surface area (Å²) in [6.45, 7) is 6.03. The SMILES string of the molecule is CC(C)(C)OC(=O)N1CCCC(C(=O)NCC(=O)c2ccc(F)cc2)C1. The molecule has 1 fully saturated rings. The second kappa shape index (κ2) is 8.29. The monoisotopic (exact) mass is 364 g/mol. The highest BCUT2D eigenvalue weighted by Crippen LogP contribution is 2.19. The quantitative estimate of drug-likeness (QED) is 0.834. The zero-order valence-electron chi connectivity index (χ0n) is 15.4. The van der Waals surface area contributed by atoms with Crippen LogP contribution in [0.15, 0.2) is 24.3 Å². The number of ether oxygens (including phenoxy) is 1. The number of nitrogens with zero attached hydrogens (tertiary/aromatic N) is 1. The lowest BCUT2D eigenvalue weighted by atomic mass is 9.97. The predicted molar refractivity (Wildman–Crippen MR) is 94.3 cm³/mol. The highest BCUT2D eigenvalue weighted by Gasteiger charge is 2.31. The molecule has 1 N–H and O–H groups in total. The van der Waals surface area contributed by atoms with Crippen molar-refractivity contribution in [3.05, 3.63) is 35.6 Å². The standard InChI is InChI=1S/C19H25FN2O4/c1-19(2,3)26-18(25)22-10-4-5-14(12-22)17(24)21-11-16(23)13-6-8-15(20)9-7-13/h6-9,14H,4-5,10-12H2,1-3H3,(H,21,24). The summed E-state index contributed by atoms with van der Waals surface area (Å²) in [6.07, 6.45) is 0.913. The van der Waals surface area contributed by atoms with Gasteiger partial charge in [0.2, 0.25) is 5.91 Å². The molecular formula is C19H25FN2O4. The van der Waals surface area contributed by atoms with Crippen molar-refractivity contribution in [2.75, 3.05) is 19.6 Å². The number of ketones is 1. The van der Waals surface area contributed by atoms with E-state index in [1.807, 2.05) is 0 Å². The molecule has 1 unspecified atom stereocenters. The second-order valence-corrected chi connectivity index (χ2v) is 7.41. The van der Waals surface area contributed by atoms with Crippen molar-refractivity contribution in [1.82, 2.24) is 10.2 Å². The van der Waals surface area contributed by atoms with E-state index in [4.69, 9.17) is 4.74 Å². The van der Waals surface area contributed by atoms with Crippen LogP contribution in [0, 0.1) is 11.7 Å². The number of amides is 2. The van der Waals surface area contributed by atoms with E-state index in [0.29, 0.717) is 24.9 Å². The number of carbonyl (C=O) groups is 3. The van der Waals surface area contributed by atoms with Gasteiger partial charge in [-0.2, -0.15) is 0 Å². The minimum Gasteiger partial charge on any atom is -0.444 e. The number of nitrogens with one attached hydrogen (secondary N) is 1. The Labute approximate surface area is 152 Å². The van der Waals surface area contributed by atoms with Crippen molar-refractivity contribution < 1.29 is 23.5 Å². The lowest BCUT2D eigenvalue weighted by Gasteiger charge is -2.33. The van der Waals surface area contributed by atoms with E-state index in [1.54, 1.807) is 20.8 Å². The van der Waals surface area contributed by atoms with Crippen LogP contribution in [0.1, 0.15) is 44.0 Å². The van der Waals surface area contributed by atoms with E-state index in [9.17, 15) is 18.8 Å². The van der Waals surface area contributed by atoms with Gasteiger partial charge < -0.3 is 15.0 Å². The number of likely N-dealkylation sites (tertiary alicyclic amines) is 1. The zero-order chi connectivity index (χ0) is 19.3. The highest BCUT2D eigenvalue weighted by molar-refractivity contribution is 5.99. The fourth-order valence-electron chi connectivity index (χ4n) is 2.73. The van der Waals surface area contributed by atoms with Crippen LogP contribution in [0.5, 0.6) is 0 Å². The normalized spacial score (nSPS) is 17.5. The molecule has 0 bridgehead atoms. The molecule has 26 heavy (non-hydrogen) atoms. The number of hydrogen-bond donors (Lipinski definition) is 1. The average molecular weight is 364 g/mol. The van der Waals surface area contributed by atoms with Crippen molar-refractivity contribution >= 4 is 17.8 Å². The number of halogens is 1. The van der Waals surface area contributed by atoms with Gasteiger partial charge in [-0.15, -0.1) is 0 Å². The maximum atomic E-state index is 12.9. The topological polar surface area (TPSA) is 75.7 Å². The first-order valence-electron chi connectivity index (χ1n) is 8.70. The number of rotatable bonds is 4. The van der Waals surface area contributed by atoms with E-state index in [0.717, 1.165) is 0 Å². The number of benzene rings is 1. The molecule has 0 spiro atoms. The van der Waals surface area contributed by atoms with Gasteiger partial charge in [-0.3, -0.25) is 9.59 Å². The Kier molecular flexibility index (Phi) is 6.34. The van der Waals surface area contributed by atoms with Gasteiger partial charge in [0.15, 0.2) is 5.78 Å². The van der Waals surface area contributed by atoms with Gasteiger partial charge in [-0.25, -0.2) is 9.18 Å². The molecule has 0 saturated carbocycles. The summed E-state index contributed by atoms with van der Waals surface area (Å²) < 4.78 is 18.2. The van der Waals surface area contributed by atoms with Crippen molar-refractivity contribution in [2.45, 2.75) is 39.2 Å². The van der Waals surface area contributed by atoms with Gasteiger partial charge in [0, 0.05) is 18.7 Å². The van der Waals surface area contributed by atoms with Crippen molar-refractivity contribution in [3.8, 4) is 0 Å². The molecule has 6 nitrogen and oxygen atoms in total. The minimum absolute atomic E-state index is 0.159. The summed E-state index contributed by atoms with van der Waals surface area (Å²) in [7, 11) is 0. The summed E-state index contributed by atoms with van der Waals surface area (Å²) in [5, 5.41) is 2.61. The number of carbonyl (C=O) groups excluding carboxylic acids is 3. The van der Waals surface area contributed by atoms with Gasteiger partial charge in [-0.1, -0.05) is 0 Å². The maximum absolute atomic E-state index is 12.9. The van der Waals surface area contributed by atoms with Gasteiger partial charge in [-0.05, 0) is 57.9 Å². The summed E-state index contributed by atoms with van der Waals surface area (Å²) in [6, 6.07) is 5.17. The first-order chi connectivity index (χ1) is 12.2. The Morgan fingerprint density at radius 1 is 1.23 bits per heavy atom. The number of piperidine rings is 1. The van der Waals surface area contributed by atoms with Crippen LogP contribution in [0.3, 0.4) is 0 Å². The lowest BCUT2D eigenvalue weighted by Crippen LogP contribution is -2.47. The average Bonchev–Trinajstić information content (AvgIpc) is 2.58. The Morgan fingerprint density at radius 3 is 2.50 bits per heavy atom. The van der Waals surface area contributed by atoms with E-state index in [1.165, 1.54) is 29.2 Å². The Bertz CT molecular complexity index is 667. The molecule has 1 atom stereocenters. The van der Waals surface area contributed by atoms with Crippen LogP contribution >= 0.6 is 0 Å². The third-order valence-electron chi connectivity index (χ3n) is 4.03. The number of hydrogen-bond acceptors (Lipinski definition) is 4. The van der Waals surface area contributed by atoms with Crippen molar-refractivity contribution in [1.29, 1.82) is 0 Å². The Hall–Kier alpha value is -2.44. The van der Waals surface area contributed by atoms with Gasteiger partial charge >= 0.3 is 6.09 Å². The molecule has 7 heteroatoms. The van der Waals surface area contributed by atoms with Crippen LogP contribution in [0.2, 0.25) is 0 Å². The van der Waals surface area contributed by atoms with Crippen LogP contribution in [0.4, 0.5) is 9.18 Å². The van der Waals surface area contributed by atoms with E-state index in [-0.39, 0.29) is 30.7 Å². The zero-order valence-corrected chi connectivity index (χ0v) is 15.4. The van der Waals surface area contributed by atoms with Crippen LogP contribution in [0.25, 0.3) is 0 Å². The minimum atomic E-state index is -0.589. The second-order valence-electron chi connectivity index (χ2n) is 7.41. The maximum Gasteiger partial charge on any atom is 0.410 e. The predicted octanol–water partition coefficient (Wildman–Crippen LogP) is 2.77. The molecular weight excluding hydrogens is 339 g/mol. The van der Waals surface area contributed by atoms with Crippen LogP contribution in [-0.4, -0.2) is 47.9 Å². The van der Waals surface area contributed by atoms with Crippen LogP contribution < -0.4 is 5.32 Å². The van der Waals surface area contributed by atoms with Gasteiger partial charge in [0.05, 0.1) is 12.5 Å². The van der Waals surface area contributed by atoms with Crippen molar-refractivity contribution in [2.24, 2.45) is 5.92 Å². The first kappa shape index (κ1) is 19.9. The van der Waals surface area contributed by atoms with Gasteiger partial charge in [0.25, 0.3) is 0 Å². The fourth-order valence-corrected chi connectivity index (χ4v) is 2.73. The molecule has 1 saturated heterocycles. The molecule has 1 heterocycles. The summed E-state index contributed by atoms with van der Waals surface area (Å²) in [4.78, 5) is 38.1. The van der Waals surface area contributed by atoms with E-state index in [2.05, 4.69) is 5.32 Å². The Balaban J connectivity index is 1.85. The van der Waals surface area contributed by atoms with Crippen LogP contribution in [-0.2, 0) is 9.53 Å². The molecule has 1 aliphatic rings. The van der Waals surface area contributed by atoms with E-state index >= 15 is 0 Å². The molecule has 1 aromatic rings. The summed E-state index contributed by atoms with van der Waals surface area (Å²) >= 11 is 0. The molecule has 0 radical (unpaired) electrons. The molecule has 142 valence electrons.